The monoisotopic (exact) mass is 2120 g/mol. The van der Waals surface area contributed by atoms with Crippen LogP contribution < -0.4 is 0 Å². The standard InChI is InChI=1S/C8H6N2.C8H7N.C8H6S.C7H6N2.C6H4S2.2C5H5N.3C4H4N2.C4H5N.C4H4O.C4H4S.C3H3N3.3C3H4N2.2C3H3NO.2C3H3NS.17CH4/c1-2-4-8-7(3-1)9-5-6-10-8;2*1-2-4-8-7(3-1)5-6-9-8;1-2-4-7-6(3-1)8-5-9-7;1-3-7-6-2-4-8-5(1)6;2*1-2-4-6-5-3-1;1-2-6-4-3-5-1;2*1-2-5-4-6-3-1;3*1-2-4-5-3-1;1-4-2-6-3-5-1;2*1-2-5-3-4-1;1-2-4-5-3-1;1-2-5-3-4-1;1-2-4-5-3-1;1-2-5-3-4-1;1-2-4-5-3-1;;;;;;;;;;;;;;;;;/h1-6H;1-6,9H;1-6H;1-5H,(H,8,9);1-4H;2*1-5H;3*1-4H;1-5H;2*1-4H;1-3H;3*1-3H,(H,4,5);4*1-3H;17*1H4. The summed E-state index contributed by atoms with van der Waals surface area (Å²) in [5.41, 5.74) is 7.02. The summed E-state index contributed by atoms with van der Waals surface area (Å²) in [6.07, 6.45) is 66.4. The molecule has 26 rings (SSSR count). The lowest BCUT2D eigenvalue weighted by atomic mass is 10.3. The van der Waals surface area contributed by atoms with Gasteiger partial charge < -0.3 is 38.3 Å². The number of fused-ring (bicyclic) bond motifs is 5. The molecule has 30 nitrogen and oxygen atoms in total. The molecule has 0 fully saturated rings. The molecule has 0 unspecified atom stereocenters. The summed E-state index contributed by atoms with van der Waals surface area (Å²) in [6, 6.07) is 72.9. The zero-order valence-corrected chi connectivity index (χ0v) is 75.0. The number of benzene rings is 4. The van der Waals surface area contributed by atoms with Gasteiger partial charge in [-0.3, -0.25) is 40.0 Å². The topological polar surface area (TPSA) is 405 Å². The van der Waals surface area contributed by atoms with E-state index < -0.39 is 0 Å². The first-order valence-corrected chi connectivity index (χ1v) is 44.1. The van der Waals surface area contributed by atoms with Gasteiger partial charge >= 0.3 is 0 Å². The number of H-pyrrole nitrogens is 6. The number of nitrogens with one attached hydrogen (secondary N) is 6. The van der Waals surface area contributed by atoms with Gasteiger partial charge in [0.2, 0.25) is 0 Å². The molecular weight excluding hydrogens is 1960 g/mol. The van der Waals surface area contributed by atoms with Crippen LogP contribution in [0.3, 0.4) is 0 Å². The van der Waals surface area contributed by atoms with Crippen LogP contribution in [0.15, 0.2) is 530 Å². The third kappa shape index (κ3) is 89.1. The Labute approximate surface area is 905 Å². The first kappa shape index (κ1) is 156. The van der Waals surface area contributed by atoms with Crippen molar-refractivity contribution in [3.05, 3.63) is 517 Å². The van der Waals surface area contributed by atoms with Crippen molar-refractivity contribution >= 4 is 121 Å². The molecule has 0 saturated heterocycles. The van der Waals surface area contributed by atoms with E-state index >= 15 is 0 Å². The van der Waals surface area contributed by atoms with Gasteiger partial charge in [0.05, 0.1) is 71.5 Å². The van der Waals surface area contributed by atoms with E-state index in [-0.39, 0.29) is 126 Å². The largest absolute Gasteiger partial charge is 0.473 e. The molecule has 6 N–H and O–H groups in total. The zero-order valence-electron chi connectivity index (χ0n) is 70.1. The Morgan fingerprint density at radius 3 is 1.01 bits per heavy atom. The SMILES string of the molecule is C.C.C.C.C.C.C.C.C.C.C.C.C.C.C.C.C.c1c[nH]cn1.c1c[nH]cn1.c1cc2sccc2s1.c1cc[nH]c1.c1ccc2[nH]ccc2c1.c1ccc2[nH]cnc2c1.c1ccc2nccnc2c1.c1ccc2sccc2c1.c1ccncc1.c1ccncc1.c1ccoc1.c1ccsc1.c1cn[nH]c1.c1cnccn1.c1cncnc1.c1cncnc1.c1cnoc1.c1cnsc1.c1cocn1.c1cscn1.c1ncncn1. The fourth-order valence-corrected chi connectivity index (χ4v) is 11.8. The molecule has 0 amide bonds. The number of nitrogens with zero attached hydrogens (tertiary/aromatic N) is 21. The molecule has 0 saturated carbocycles. The predicted octanol–water partition coefficient (Wildman–Crippen LogP) is 34.4. The molecule has 26 aromatic rings. The number of thiophene rings is 4. The molecule has 36 heteroatoms. The van der Waals surface area contributed by atoms with Gasteiger partial charge in [-0.25, -0.2) is 59.2 Å². The molecule has 148 heavy (non-hydrogen) atoms. The average molecular weight is 2120 g/mol. The summed E-state index contributed by atoms with van der Waals surface area (Å²) in [4.78, 5) is 81.8. The molecule has 0 aliphatic carbocycles. The highest BCUT2D eigenvalue weighted by Crippen LogP contribution is 2.25. The molecule has 0 radical (unpaired) electrons. The van der Waals surface area contributed by atoms with E-state index in [4.69, 9.17) is 0 Å². The summed E-state index contributed by atoms with van der Waals surface area (Å²) in [6.45, 7) is 0. The fourth-order valence-electron chi connectivity index (χ4n) is 8.06. The third-order valence-electron chi connectivity index (χ3n) is 13.5. The molecule has 22 heterocycles. The number of furan rings is 1. The van der Waals surface area contributed by atoms with Crippen LogP contribution in [0.1, 0.15) is 126 Å². The van der Waals surface area contributed by atoms with Gasteiger partial charge in [0.25, 0.3) is 0 Å². The maximum Gasteiger partial charge on any atom is 0.180 e. The Morgan fingerprint density at radius 2 is 0.723 bits per heavy atom. The van der Waals surface area contributed by atoms with E-state index in [1.807, 2.05) is 186 Å². The fraction of sp³-hybridized carbons (Fsp3) is 0.152. The highest BCUT2D eigenvalue weighted by molar-refractivity contribution is 7.25. The van der Waals surface area contributed by atoms with E-state index in [1.165, 1.54) is 92.5 Å². The van der Waals surface area contributed by atoms with Gasteiger partial charge in [-0.15, -0.1) is 45.3 Å². The number of thiazole rings is 1. The van der Waals surface area contributed by atoms with E-state index in [0.717, 1.165) is 22.1 Å². The Hall–Kier alpha value is -17.0. The minimum absolute atomic E-state index is 0. The lowest BCUT2D eigenvalue weighted by Gasteiger charge is -1.90. The number of pyridine rings is 2. The summed E-state index contributed by atoms with van der Waals surface area (Å²) in [7, 11) is 0. The molecule has 796 valence electrons. The highest BCUT2D eigenvalue weighted by atomic mass is 32.1. The van der Waals surface area contributed by atoms with Crippen LogP contribution >= 0.6 is 68.2 Å². The minimum Gasteiger partial charge on any atom is -0.473 e. The molecule has 0 atom stereocenters. The van der Waals surface area contributed by atoms with Crippen molar-refractivity contribution < 1.29 is 13.4 Å². The third-order valence-corrected chi connectivity index (χ3v) is 18.0. The van der Waals surface area contributed by atoms with E-state index in [9.17, 15) is 0 Å². The van der Waals surface area contributed by atoms with Gasteiger partial charge in [-0.2, -0.15) is 16.4 Å². The van der Waals surface area contributed by atoms with Crippen LogP contribution in [0.4, 0.5) is 0 Å². The van der Waals surface area contributed by atoms with Gasteiger partial charge in [0.15, 0.2) is 6.39 Å². The highest BCUT2D eigenvalue weighted by Gasteiger charge is 1.93. The van der Waals surface area contributed by atoms with Gasteiger partial charge in [-0.1, -0.05) is 216 Å². The molecule has 4 aromatic carbocycles. The second-order valence-corrected chi connectivity index (χ2v) is 27.7. The molecule has 0 aliphatic heterocycles. The normalized spacial score (nSPS) is 7.76. The molecular formula is C112H159N27O3S6. The van der Waals surface area contributed by atoms with Crippen LogP contribution in [-0.2, 0) is 0 Å². The van der Waals surface area contributed by atoms with E-state index in [1.54, 1.807) is 261 Å². The second kappa shape index (κ2) is 120. The van der Waals surface area contributed by atoms with Crippen molar-refractivity contribution in [2.45, 2.75) is 126 Å². The second-order valence-electron chi connectivity index (χ2n) is 22.6. The number of oxazole rings is 1. The summed E-state index contributed by atoms with van der Waals surface area (Å²) < 4.78 is 21.3. The Morgan fingerprint density at radius 1 is 0.230 bits per heavy atom. The van der Waals surface area contributed by atoms with Gasteiger partial charge in [0.1, 0.15) is 44.2 Å². The summed E-state index contributed by atoms with van der Waals surface area (Å²) in [5.74, 6) is 0. The lowest BCUT2D eigenvalue weighted by Crippen LogP contribution is -1.78. The van der Waals surface area contributed by atoms with Crippen molar-refractivity contribution in [2.75, 3.05) is 0 Å². The van der Waals surface area contributed by atoms with Gasteiger partial charge in [0, 0.05) is 185 Å². The molecule has 22 aromatic heterocycles. The quantitative estimate of drug-likeness (QED) is 0.0821. The number of para-hydroxylation sites is 5. The number of aromatic nitrogens is 27. The van der Waals surface area contributed by atoms with Crippen molar-refractivity contribution in [3.63, 3.8) is 0 Å². The van der Waals surface area contributed by atoms with Crippen LogP contribution in [0.5, 0.6) is 0 Å². The number of aromatic amines is 6. The van der Waals surface area contributed by atoms with E-state index in [0.29, 0.717) is 0 Å². The molecule has 0 bridgehead atoms. The maximum atomic E-state index is 4.58. The number of hydrogen-bond donors (Lipinski definition) is 6. The number of imidazole rings is 3. The Bertz CT molecular complexity index is 4970. The predicted molar refractivity (Wildman–Crippen MR) is 641 cm³/mol. The molecule has 0 spiro atoms. The van der Waals surface area contributed by atoms with Crippen LogP contribution in [0.25, 0.3) is 52.5 Å². The van der Waals surface area contributed by atoms with Crippen molar-refractivity contribution in [2.24, 2.45) is 0 Å². The first-order chi connectivity index (χ1) is 65.3. The summed E-state index contributed by atoms with van der Waals surface area (Å²) >= 11 is 10.2. The summed E-state index contributed by atoms with van der Waals surface area (Å²) in [5, 5.41) is 26.5. The number of rotatable bonds is 0. The van der Waals surface area contributed by atoms with Crippen LogP contribution in [0, 0.1) is 0 Å². The Balaban J connectivity index is -0.000000131. The molecule has 0 aliphatic rings. The van der Waals surface area contributed by atoms with Crippen molar-refractivity contribution in [1.82, 2.24) is 134 Å². The van der Waals surface area contributed by atoms with Crippen LogP contribution in [0.2, 0.25) is 0 Å². The minimum atomic E-state index is 0. The lowest BCUT2D eigenvalue weighted by molar-refractivity contribution is 0.420. The zero-order chi connectivity index (χ0) is 91.3. The van der Waals surface area contributed by atoms with Gasteiger partial charge in [-0.05, 0) is 189 Å². The Kier molecular flexibility index (Phi) is 127. The van der Waals surface area contributed by atoms with Crippen molar-refractivity contribution in [1.29, 1.82) is 0 Å². The maximum absolute atomic E-state index is 4.58. The first-order valence-electron chi connectivity index (χ1n) is 38.7. The number of hydrogen-bond acceptors (Lipinski definition) is 30. The smallest absolute Gasteiger partial charge is 0.180 e. The average Bonchev–Trinajstić information content (AvgIpc) is 1.66. The van der Waals surface area contributed by atoms with Crippen LogP contribution in [-0.4, -0.2) is 134 Å². The van der Waals surface area contributed by atoms with Crippen molar-refractivity contribution in [3.8, 4) is 0 Å². The van der Waals surface area contributed by atoms with E-state index in [2.05, 4.69) is 225 Å².